The van der Waals surface area contributed by atoms with Gasteiger partial charge in [-0.1, -0.05) is 64.7 Å². The van der Waals surface area contributed by atoms with Crippen LogP contribution >= 0.6 is 0 Å². The number of nitrogens with one attached hydrogen (secondary N) is 1. The Bertz CT molecular complexity index is 234. The van der Waals surface area contributed by atoms with Gasteiger partial charge in [-0.15, -0.1) is 0 Å². The van der Waals surface area contributed by atoms with Crippen LogP contribution in [0.25, 0.3) is 0 Å². The van der Waals surface area contributed by atoms with Gasteiger partial charge in [0.25, 0.3) is 0 Å². The Hall–Kier alpha value is -0.0800. The Morgan fingerprint density at radius 3 is 1.75 bits per heavy atom. The van der Waals surface area contributed by atoms with Crippen LogP contribution < -0.4 is 11.3 Å². The summed E-state index contributed by atoms with van der Waals surface area (Å²) in [7, 11) is 0. The SMILES string of the molecule is CCCCCC(NN)(C1CCCCC1)C1CCCCC1. The summed E-state index contributed by atoms with van der Waals surface area (Å²) in [5.74, 6) is 7.87. The van der Waals surface area contributed by atoms with Crippen molar-refractivity contribution in [3.63, 3.8) is 0 Å². The molecule has 0 amide bonds. The second-order valence-electron chi connectivity index (χ2n) is 7.31. The van der Waals surface area contributed by atoms with Crippen molar-refractivity contribution < 1.29 is 0 Å². The minimum atomic E-state index is 0.260. The summed E-state index contributed by atoms with van der Waals surface area (Å²) in [6.07, 6.45) is 19.6. The van der Waals surface area contributed by atoms with E-state index < -0.39 is 0 Å². The van der Waals surface area contributed by atoms with E-state index in [0.29, 0.717) is 0 Å². The lowest BCUT2D eigenvalue weighted by Gasteiger charge is -2.49. The van der Waals surface area contributed by atoms with Crippen LogP contribution in [0, 0.1) is 11.8 Å². The molecule has 0 atom stereocenters. The van der Waals surface area contributed by atoms with Crippen LogP contribution in [0.4, 0.5) is 0 Å². The minimum Gasteiger partial charge on any atom is -0.271 e. The normalized spacial score (nSPS) is 23.1. The molecule has 0 unspecified atom stereocenters. The molecule has 2 aliphatic rings. The number of hydrogen-bond acceptors (Lipinski definition) is 2. The molecule has 0 radical (unpaired) electrons. The number of hydrazine groups is 1. The van der Waals surface area contributed by atoms with Crippen molar-refractivity contribution in [3.8, 4) is 0 Å². The molecule has 0 aliphatic heterocycles. The standard InChI is InChI=1S/C18H36N2/c1-2-3-10-15-18(20-19,16-11-6-4-7-12-16)17-13-8-5-9-14-17/h16-17,20H,2-15,19H2,1H3. The lowest BCUT2D eigenvalue weighted by molar-refractivity contribution is 0.0577. The second-order valence-corrected chi connectivity index (χ2v) is 7.31. The first-order chi connectivity index (χ1) is 9.83. The van der Waals surface area contributed by atoms with Crippen LogP contribution in [0.15, 0.2) is 0 Å². The predicted octanol–water partition coefficient (Wildman–Crippen LogP) is 4.93. The molecule has 0 heterocycles. The number of hydrogen-bond donors (Lipinski definition) is 2. The first-order valence-electron chi connectivity index (χ1n) is 9.31. The Morgan fingerprint density at radius 1 is 0.850 bits per heavy atom. The van der Waals surface area contributed by atoms with Gasteiger partial charge in [-0.25, -0.2) is 0 Å². The van der Waals surface area contributed by atoms with Crippen molar-refractivity contribution in [2.24, 2.45) is 17.7 Å². The van der Waals surface area contributed by atoms with Crippen LogP contribution in [0.2, 0.25) is 0 Å². The van der Waals surface area contributed by atoms with Crippen LogP contribution in [0.3, 0.4) is 0 Å². The van der Waals surface area contributed by atoms with Crippen LogP contribution in [0.5, 0.6) is 0 Å². The highest BCUT2D eigenvalue weighted by molar-refractivity contribution is 5.00. The summed E-state index contributed by atoms with van der Waals surface area (Å²) < 4.78 is 0. The molecule has 3 N–H and O–H groups in total. The molecule has 0 aromatic heterocycles. The zero-order valence-corrected chi connectivity index (χ0v) is 13.6. The van der Waals surface area contributed by atoms with E-state index in [1.54, 1.807) is 0 Å². The highest BCUT2D eigenvalue weighted by Gasteiger charge is 2.44. The van der Waals surface area contributed by atoms with Crippen LogP contribution in [-0.4, -0.2) is 5.54 Å². The smallest absolute Gasteiger partial charge is 0.0377 e. The number of unbranched alkanes of at least 4 members (excludes halogenated alkanes) is 2. The molecular formula is C18H36N2. The van der Waals surface area contributed by atoms with Crippen molar-refractivity contribution >= 4 is 0 Å². The molecule has 2 rings (SSSR count). The third kappa shape index (κ3) is 3.76. The van der Waals surface area contributed by atoms with E-state index in [1.165, 1.54) is 89.9 Å². The van der Waals surface area contributed by atoms with Gasteiger partial charge in [-0.2, -0.15) is 0 Å². The molecule has 2 aliphatic carbocycles. The minimum absolute atomic E-state index is 0.260. The summed E-state index contributed by atoms with van der Waals surface area (Å²) in [5, 5.41) is 0. The van der Waals surface area contributed by atoms with Crippen LogP contribution in [-0.2, 0) is 0 Å². The van der Waals surface area contributed by atoms with Crippen LogP contribution in [0.1, 0.15) is 96.8 Å². The maximum absolute atomic E-state index is 6.20. The van der Waals surface area contributed by atoms with Gasteiger partial charge in [0.2, 0.25) is 0 Å². The largest absolute Gasteiger partial charge is 0.271 e. The molecule has 0 spiro atoms. The fourth-order valence-corrected chi connectivity index (χ4v) is 4.95. The van der Waals surface area contributed by atoms with Gasteiger partial charge in [0, 0.05) is 5.54 Å². The third-order valence-electron chi connectivity index (χ3n) is 6.13. The van der Waals surface area contributed by atoms with Gasteiger partial charge in [0.1, 0.15) is 0 Å². The summed E-state index contributed by atoms with van der Waals surface area (Å²) in [6.45, 7) is 2.30. The van der Waals surface area contributed by atoms with Crippen molar-refractivity contribution in [2.45, 2.75) is 102 Å². The molecule has 2 nitrogen and oxygen atoms in total. The number of nitrogens with two attached hydrogens (primary N) is 1. The topological polar surface area (TPSA) is 38.0 Å². The molecule has 0 saturated heterocycles. The van der Waals surface area contributed by atoms with E-state index in [-0.39, 0.29) is 5.54 Å². The van der Waals surface area contributed by atoms with Gasteiger partial charge in [0.15, 0.2) is 0 Å². The average Bonchev–Trinajstić information content (AvgIpc) is 2.54. The van der Waals surface area contributed by atoms with Gasteiger partial charge in [0.05, 0.1) is 0 Å². The molecule has 20 heavy (non-hydrogen) atoms. The Kier molecular flexibility index (Phi) is 6.83. The maximum atomic E-state index is 6.20. The predicted molar refractivity (Wildman–Crippen MR) is 87.3 cm³/mol. The van der Waals surface area contributed by atoms with E-state index in [1.807, 2.05) is 0 Å². The Balaban J connectivity index is 2.09. The Labute approximate surface area is 126 Å². The van der Waals surface area contributed by atoms with Crippen molar-refractivity contribution in [1.29, 1.82) is 0 Å². The first kappa shape index (κ1) is 16.3. The molecule has 2 saturated carbocycles. The maximum Gasteiger partial charge on any atom is 0.0377 e. The molecule has 0 aromatic carbocycles. The summed E-state index contributed by atoms with van der Waals surface area (Å²) in [6, 6.07) is 0. The fraction of sp³-hybridized carbons (Fsp3) is 1.00. The van der Waals surface area contributed by atoms with Crippen molar-refractivity contribution in [3.05, 3.63) is 0 Å². The summed E-state index contributed by atoms with van der Waals surface area (Å²) >= 11 is 0. The third-order valence-corrected chi connectivity index (χ3v) is 6.13. The van der Waals surface area contributed by atoms with Gasteiger partial charge < -0.3 is 0 Å². The molecule has 2 heteroatoms. The van der Waals surface area contributed by atoms with Crippen molar-refractivity contribution in [1.82, 2.24) is 5.43 Å². The fourth-order valence-electron chi connectivity index (χ4n) is 4.95. The quantitative estimate of drug-likeness (QED) is 0.394. The molecular weight excluding hydrogens is 244 g/mol. The zero-order chi connectivity index (χ0) is 14.3. The van der Waals surface area contributed by atoms with Gasteiger partial charge in [-0.3, -0.25) is 11.3 Å². The second kappa shape index (κ2) is 8.38. The van der Waals surface area contributed by atoms with Gasteiger partial charge >= 0.3 is 0 Å². The van der Waals surface area contributed by atoms with E-state index in [2.05, 4.69) is 12.3 Å². The molecule has 0 bridgehead atoms. The lowest BCUT2D eigenvalue weighted by atomic mass is 9.62. The average molecular weight is 280 g/mol. The highest BCUT2D eigenvalue weighted by atomic mass is 15.3. The van der Waals surface area contributed by atoms with E-state index in [9.17, 15) is 0 Å². The van der Waals surface area contributed by atoms with E-state index >= 15 is 0 Å². The Morgan fingerprint density at radius 2 is 1.35 bits per heavy atom. The summed E-state index contributed by atoms with van der Waals surface area (Å²) in [4.78, 5) is 0. The zero-order valence-electron chi connectivity index (χ0n) is 13.6. The highest BCUT2D eigenvalue weighted by Crippen LogP contribution is 2.45. The summed E-state index contributed by atoms with van der Waals surface area (Å²) in [5.41, 5.74) is 3.67. The number of rotatable bonds is 7. The lowest BCUT2D eigenvalue weighted by Crippen LogP contribution is -2.60. The monoisotopic (exact) mass is 280 g/mol. The van der Waals surface area contributed by atoms with E-state index in [4.69, 9.17) is 5.84 Å². The van der Waals surface area contributed by atoms with Gasteiger partial charge in [-0.05, 0) is 43.9 Å². The molecule has 118 valence electrons. The molecule has 2 fully saturated rings. The van der Waals surface area contributed by atoms with E-state index in [0.717, 1.165) is 11.8 Å². The molecule has 0 aromatic rings. The first-order valence-corrected chi connectivity index (χ1v) is 9.31. The van der Waals surface area contributed by atoms with Crippen molar-refractivity contribution in [2.75, 3.05) is 0 Å².